The van der Waals surface area contributed by atoms with Gasteiger partial charge in [0.2, 0.25) is 0 Å². The van der Waals surface area contributed by atoms with Gasteiger partial charge in [-0.15, -0.1) is 11.3 Å². The number of nitrogens with one attached hydrogen (secondary N) is 1. The Morgan fingerprint density at radius 1 is 1.61 bits per heavy atom. The van der Waals surface area contributed by atoms with Crippen molar-refractivity contribution in [3.63, 3.8) is 0 Å². The topological polar surface area (TPSA) is 83.1 Å². The number of hydrogen-bond donors (Lipinski definition) is 2. The Labute approximate surface area is 111 Å². The van der Waals surface area contributed by atoms with Gasteiger partial charge in [0.1, 0.15) is 0 Å². The third-order valence-electron chi connectivity index (χ3n) is 3.23. The fraction of sp³-hybridized carbons (Fsp3) is 0.500. The Morgan fingerprint density at radius 2 is 2.33 bits per heavy atom. The van der Waals surface area contributed by atoms with E-state index in [2.05, 4.69) is 4.98 Å². The van der Waals surface area contributed by atoms with Crippen LogP contribution in [-0.2, 0) is 0 Å². The third kappa shape index (κ3) is 3.29. The number of hydrogen-bond acceptors (Lipinski definition) is 4. The first-order valence-electron chi connectivity index (χ1n) is 6.03. The van der Waals surface area contributed by atoms with Crippen LogP contribution < -0.4 is 5.73 Å². The molecule has 1 fully saturated rings. The molecule has 0 unspecified atom stereocenters. The van der Waals surface area contributed by atoms with Crippen molar-refractivity contribution in [2.75, 3.05) is 13.1 Å². The second-order valence-electron chi connectivity index (χ2n) is 4.46. The van der Waals surface area contributed by atoms with Crippen LogP contribution in [0.15, 0.2) is 11.6 Å². The second kappa shape index (κ2) is 5.95. The van der Waals surface area contributed by atoms with E-state index < -0.39 is 0 Å². The predicted molar refractivity (Wildman–Crippen MR) is 71.6 cm³/mol. The molecule has 0 aliphatic carbocycles. The molecule has 0 amide bonds. The Kier molecular flexibility index (Phi) is 4.30. The van der Waals surface area contributed by atoms with E-state index in [9.17, 15) is 4.79 Å². The predicted octanol–water partition coefficient (Wildman–Crippen LogP) is 1.53. The number of guanidine groups is 1. The van der Waals surface area contributed by atoms with Gasteiger partial charge in [-0.1, -0.05) is 0 Å². The van der Waals surface area contributed by atoms with Crippen LogP contribution in [0.4, 0.5) is 0 Å². The van der Waals surface area contributed by atoms with E-state index >= 15 is 0 Å². The number of Topliss-reactive ketones (excluding diaryl/α,β-unsaturated/α-hetero) is 1. The number of carbonyl (C=O) groups is 1. The fourth-order valence-corrected chi connectivity index (χ4v) is 2.69. The largest absolute Gasteiger partial charge is 0.370 e. The lowest BCUT2D eigenvalue weighted by Crippen LogP contribution is -2.42. The highest BCUT2D eigenvalue weighted by molar-refractivity contribution is 7.11. The van der Waals surface area contributed by atoms with E-state index in [-0.39, 0.29) is 11.7 Å². The highest BCUT2D eigenvalue weighted by Gasteiger charge is 2.21. The summed E-state index contributed by atoms with van der Waals surface area (Å²) in [6.45, 7) is 1.64. The molecule has 0 aromatic carbocycles. The van der Waals surface area contributed by atoms with E-state index in [1.165, 1.54) is 11.3 Å². The first kappa shape index (κ1) is 13.0. The van der Waals surface area contributed by atoms with Crippen molar-refractivity contribution in [1.82, 2.24) is 9.88 Å². The summed E-state index contributed by atoms with van der Waals surface area (Å²) >= 11 is 1.38. The van der Waals surface area contributed by atoms with Crippen molar-refractivity contribution in [2.24, 2.45) is 11.7 Å². The van der Waals surface area contributed by atoms with Gasteiger partial charge in [-0.05, 0) is 25.2 Å². The molecule has 1 aromatic heterocycles. The van der Waals surface area contributed by atoms with Crippen molar-refractivity contribution < 1.29 is 4.79 Å². The summed E-state index contributed by atoms with van der Waals surface area (Å²) in [4.78, 5) is 17.6. The van der Waals surface area contributed by atoms with Crippen LogP contribution in [0.25, 0.3) is 0 Å². The van der Waals surface area contributed by atoms with Gasteiger partial charge in [-0.25, -0.2) is 4.98 Å². The Morgan fingerprint density at radius 3 is 2.89 bits per heavy atom. The average Bonchev–Trinajstić information content (AvgIpc) is 2.90. The summed E-state index contributed by atoms with van der Waals surface area (Å²) in [7, 11) is 0. The summed E-state index contributed by atoms with van der Waals surface area (Å²) in [5.41, 5.74) is 5.44. The SMILES string of the molecule is N=C(N)N1CCC(C[CH]C(=O)c2nccs2)CC1. The summed E-state index contributed by atoms with van der Waals surface area (Å²) in [6.07, 6.45) is 6.16. The van der Waals surface area contributed by atoms with Crippen LogP contribution in [0.1, 0.15) is 29.1 Å². The van der Waals surface area contributed by atoms with E-state index in [0.717, 1.165) is 32.4 Å². The van der Waals surface area contributed by atoms with Crippen LogP contribution in [0.2, 0.25) is 0 Å². The quantitative estimate of drug-likeness (QED) is 0.491. The minimum Gasteiger partial charge on any atom is -0.370 e. The zero-order valence-corrected chi connectivity index (χ0v) is 10.9. The van der Waals surface area contributed by atoms with Crippen molar-refractivity contribution in [2.45, 2.75) is 19.3 Å². The molecule has 0 atom stereocenters. The second-order valence-corrected chi connectivity index (χ2v) is 5.35. The van der Waals surface area contributed by atoms with E-state index in [0.29, 0.717) is 10.9 Å². The van der Waals surface area contributed by atoms with Crippen LogP contribution in [0, 0.1) is 17.7 Å². The van der Waals surface area contributed by atoms with Gasteiger partial charge < -0.3 is 10.6 Å². The Balaban J connectivity index is 1.72. The number of likely N-dealkylation sites (tertiary alicyclic amines) is 1. The third-order valence-corrected chi connectivity index (χ3v) is 4.02. The van der Waals surface area contributed by atoms with E-state index in [1.54, 1.807) is 12.6 Å². The molecule has 1 aliphatic rings. The van der Waals surface area contributed by atoms with Gasteiger partial charge in [0, 0.05) is 31.1 Å². The summed E-state index contributed by atoms with van der Waals surface area (Å²) in [5.74, 6) is 0.694. The van der Waals surface area contributed by atoms with Crippen LogP contribution in [-0.4, -0.2) is 34.7 Å². The van der Waals surface area contributed by atoms with Gasteiger partial charge in [-0.3, -0.25) is 10.2 Å². The minimum absolute atomic E-state index is 0.0268. The monoisotopic (exact) mass is 265 g/mol. The van der Waals surface area contributed by atoms with Crippen molar-refractivity contribution >= 4 is 23.1 Å². The number of piperidine rings is 1. The van der Waals surface area contributed by atoms with E-state index in [1.807, 2.05) is 10.3 Å². The zero-order valence-electron chi connectivity index (χ0n) is 10.1. The fourth-order valence-electron chi connectivity index (χ4n) is 2.12. The molecule has 0 spiro atoms. The molecular formula is C12H17N4OS. The lowest BCUT2D eigenvalue weighted by atomic mass is 9.91. The number of thiazole rings is 1. The number of carbonyl (C=O) groups excluding carboxylic acids is 1. The number of ketones is 1. The molecule has 0 bridgehead atoms. The lowest BCUT2D eigenvalue weighted by Gasteiger charge is -2.31. The Hall–Kier alpha value is -1.43. The molecule has 6 heteroatoms. The highest BCUT2D eigenvalue weighted by atomic mass is 32.1. The normalized spacial score (nSPS) is 16.8. The number of aromatic nitrogens is 1. The highest BCUT2D eigenvalue weighted by Crippen LogP contribution is 2.22. The first-order valence-corrected chi connectivity index (χ1v) is 6.91. The van der Waals surface area contributed by atoms with Gasteiger partial charge in [0.15, 0.2) is 16.8 Å². The molecule has 3 N–H and O–H groups in total. The summed E-state index contributed by atoms with van der Waals surface area (Å²) in [5, 5.41) is 9.73. The van der Waals surface area contributed by atoms with Crippen LogP contribution in [0.5, 0.6) is 0 Å². The molecule has 97 valence electrons. The molecule has 1 aromatic rings. The molecule has 1 aliphatic heterocycles. The van der Waals surface area contributed by atoms with Crippen molar-refractivity contribution in [3.05, 3.63) is 23.0 Å². The van der Waals surface area contributed by atoms with Crippen molar-refractivity contribution in [1.29, 1.82) is 5.41 Å². The molecular weight excluding hydrogens is 248 g/mol. The average molecular weight is 265 g/mol. The number of rotatable bonds is 4. The molecule has 18 heavy (non-hydrogen) atoms. The van der Waals surface area contributed by atoms with Crippen LogP contribution >= 0.6 is 11.3 Å². The maximum Gasteiger partial charge on any atom is 0.195 e. The minimum atomic E-state index is 0.0268. The zero-order chi connectivity index (χ0) is 13.0. The first-order chi connectivity index (χ1) is 8.66. The van der Waals surface area contributed by atoms with Gasteiger partial charge in [0.25, 0.3) is 0 Å². The maximum atomic E-state index is 11.7. The standard InChI is InChI=1S/C12H17N4OS/c13-12(14)16-6-3-9(4-7-16)1-2-10(17)11-15-5-8-18-11/h2,5,8-9H,1,3-4,6-7H2,(H3,13,14). The molecule has 0 saturated carbocycles. The van der Waals surface area contributed by atoms with Gasteiger partial charge in [-0.2, -0.15) is 0 Å². The molecule has 5 nitrogen and oxygen atoms in total. The number of nitrogens with zero attached hydrogens (tertiary/aromatic N) is 2. The van der Waals surface area contributed by atoms with Gasteiger partial charge >= 0.3 is 0 Å². The Bertz CT molecular complexity index is 410. The molecule has 1 radical (unpaired) electrons. The maximum absolute atomic E-state index is 11.7. The van der Waals surface area contributed by atoms with Crippen LogP contribution in [0.3, 0.4) is 0 Å². The summed E-state index contributed by atoms with van der Waals surface area (Å²) in [6, 6.07) is 0. The lowest BCUT2D eigenvalue weighted by molar-refractivity contribution is 0.102. The van der Waals surface area contributed by atoms with Crippen molar-refractivity contribution in [3.8, 4) is 0 Å². The summed E-state index contributed by atoms with van der Waals surface area (Å²) < 4.78 is 0. The molecule has 2 rings (SSSR count). The molecule has 1 saturated heterocycles. The number of nitrogens with two attached hydrogens (primary N) is 1. The smallest absolute Gasteiger partial charge is 0.195 e. The van der Waals surface area contributed by atoms with E-state index in [4.69, 9.17) is 11.1 Å². The molecule has 2 heterocycles. The van der Waals surface area contributed by atoms with Gasteiger partial charge in [0.05, 0.1) is 0 Å².